The number of imide groups is 1. The normalized spacial score (nSPS) is 13.9. The smallest absolute Gasteiger partial charge is 0.276 e. The van der Waals surface area contributed by atoms with Crippen molar-refractivity contribution in [3.05, 3.63) is 77.7 Å². The van der Waals surface area contributed by atoms with Crippen molar-refractivity contribution < 1.29 is 18.0 Å². The van der Waals surface area contributed by atoms with Crippen LogP contribution in [0, 0.1) is 0 Å². The first-order valence-corrected chi connectivity index (χ1v) is 9.54. The highest BCUT2D eigenvalue weighted by Gasteiger charge is 2.41. The molecule has 7 heteroatoms. The van der Waals surface area contributed by atoms with Crippen LogP contribution < -0.4 is 5.73 Å². The van der Waals surface area contributed by atoms with Crippen LogP contribution in [0.25, 0.3) is 21.9 Å². The Kier molecular flexibility index (Phi) is 3.64. The zero-order valence-electron chi connectivity index (χ0n) is 14.0. The molecule has 0 atom stereocenters. The number of benzene rings is 3. The second kappa shape index (κ2) is 5.78. The Bertz CT molecular complexity index is 1250. The largest absolute Gasteiger partial charge is 0.398 e. The Morgan fingerprint density at radius 2 is 1.63 bits per heavy atom. The van der Waals surface area contributed by atoms with E-state index in [1.807, 2.05) is 6.07 Å². The molecule has 134 valence electrons. The first-order valence-electron chi connectivity index (χ1n) is 8.04. The maximum atomic E-state index is 13.2. The van der Waals surface area contributed by atoms with E-state index in [1.165, 1.54) is 6.07 Å². The number of sulfonamides is 1. The summed E-state index contributed by atoms with van der Waals surface area (Å²) in [4.78, 5) is 26.0. The molecule has 0 saturated carbocycles. The van der Waals surface area contributed by atoms with Crippen molar-refractivity contribution >= 4 is 38.3 Å². The Labute approximate surface area is 155 Å². The number of hydrogen-bond acceptors (Lipinski definition) is 5. The van der Waals surface area contributed by atoms with Crippen molar-refractivity contribution in [3.63, 3.8) is 0 Å². The third-order valence-corrected chi connectivity index (χ3v) is 5.80. The minimum Gasteiger partial charge on any atom is -0.398 e. The van der Waals surface area contributed by atoms with Gasteiger partial charge in [0.05, 0.1) is 5.56 Å². The molecule has 2 amide bonds. The highest BCUT2D eigenvalue weighted by molar-refractivity contribution is 7.93. The second-order valence-corrected chi connectivity index (χ2v) is 7.80. The number of rotatable bonds is 3. The fourth-order valence-corrected chi connectivity index (χ4v) is 4.20. The zero-order chi connectivity index (χ0) is 19.3. The molecule has 0 spiro atoms. The number of carbonyl (C=O) groups excluding carboxylic acids is 2. The number of amides is 2. The Morgan fingerprint density at radius 3 is 2.30 bits per heavy atom. The van der Waals surface area contributed by atoms with Gasteiger partial charge in [-0.3, -0.25) is 9.59 Å². The van der Waals surface area contributed by atoms with Crippen LogP contribution in [0.1, 0.15) is 20.7 Å². The van der Waals surface area contributed by atoms with E-state index in [0.29, 0.717) is 33.0 Å². The van der Waals surface area contributed by atoms with Gasteiger partial charge in [-0.2, -0.15) is 4.31 Å². The SMILES string of the molecule is C=CS(=O)(=O)N1C(=O)c2cccc3cc(N)c(-c4ccccc4)c(c23)C1=O. The summed E-state index contributed by atoms with van der Waals surface area (Å²) < 4.78 is 25.0. The molecule has 0 fully saturated rings. The van der Waals surface area contributed by atoms with E-state index in [2.05, 4.69) is 6.58 Å². The topological polar surface area (TPSA) is 97.5 Å². The molecule has 1 aliphatic rings. The van der Waals surface area contributed by atoms with Crippen LogP contribution >= 0.6 is 0 Å². The van der Waals surface area contributed by atoms with Crippen molar-refractivity contribution in [2.45, 2.75) is 0 Å². The predicted molar refractivity (Wildman–Crippen MR) is 103 cm³/mol. The van der Waals surface area contributed by atoms with Crippen LogP contribution in [-0.4, -0.2) is 24.5 Å². The van der Waals surface area contributed by atoms with Crippen LogP contribution in [0.3, 0.4) is 0 Å². The number of nitrogens with two attached hydrogens (primary N) is 1. The van der Waals surface area contributed by atoms with Gasteiger partial charge in [0.15, 0.2) is 0 Å². The fourth-order valence-electron chi connectivity index (χ4n) is 3.40. The summed E-state index contributed by atoms with van der Waals surface area (Å²) >= 11 is 0. The number of anilines is 1. The average Bonchev–Trinajstić information content (AvgIpc) is 2.66. The lowest BCUT2D eigenvalue weighted by atomic mass is 9.87. The van der Waals surface area contributed by atoms with Crippen molar-refractivity contribution in [2.75, 3.05) is 5.73 Å². The van der Waals surface area contributed by atoms with E-state index in [4.69, 9.17) is 5.73 Å². The molecule has 1 aliphatic heterocycles. The highest BCUT2D eigenvalue weighted by atomic mass is 32.2. The van der Waals surface area contributed by atoms with Crippen molar-refractivity contribution in [2.24, 2.45) is 0 Å². The zero-order valence-corrected chi connectivity index (χ0v) is 14.9. The Hall–Kier alpha value is -3.45. The summed E-state index contributed by atoms with van der Waals surface area (Å²) in [5.41, 5.74) is 7.82. The number of nitrogens with zero attached hydrogens (tertiary/aromatic N) is 1. The van der Waals surface area contributed by atoms with E-state index in [-0.39, 0.29) is 15.4 Å². The van der Waals surface area contributed by atoms with Gasteiger partial charge < -0.3 is 5.73 Å². The summed E-state index contributed by atoms with van der Waals surface area (Å²) in [6, 6.07) is 15.5. The fraction of sp³-hybridized carbons (Fsp3) is 0. The second-order valence-electron chi connectivity index (χ2n) is 6.07. The van der Waals surface area contributed by atoms with E-state index in [1.54, 1.807) is 42.5 Å². The van der Waals surface area contributed by atoms with Crippen LogP contribution in [0.2, 0.25) is 0 Å². The molecule has 27 heavy (non-hydrogen) atoms. The van der Waals surface area contributed by atoms with Gasteiger partial charge in [-0.25, -0.2) is 8.42 Å². The van der Waals surface area contributed by atoms with Crippen LogP contribution in [-0.2, 0) is 10.0 Å². The van der Waals surface area contributed by atoms with Crippen molar-refractivity contribution in [1.29, 1.82) is 0 Å². The lowest BCUT2D eigenvalue weighted by Crippen LogP contribution is -2.43. The molecule has 0 aromatic heterocycles. The summed E-state index contributed by atoms with van der Waals surface area (Å²) in [5.74, 6) is -1.84. The van der Waals surface area contributed by atoms with E-state index in [0.717, 1.165) is 0 Å². The quantitative estimate of drug-likeness (QED) is 0.558. The van der Waals surface area contributed by atoms with Gasteiger partial charge in [-0.1, -0.05) is 49.0 Å². The minimum atomic E-state index is -4.31. The molecule has 6 nitrogen and oxygen atoms in total. The molecule has 0 bridgehead atoms. The van der Waals surface area contributed by atoms with Gasteiger partial charge in [0.1, 0.15) is 0 Å². The van der Waals surface area contributed by atoms with E-state index >= 15 is 0 Å². The third-order valence-electron chi connectivity index (χ3n) is 4.54. The first-order chi connectivity index (χ1) is 12.9. The molecule has 3 aromatic carbocycles. The van der Waals surface area contributed by atoms with Crippen LogP contribution in [0.15, 0.2) is 66.6 Å². The van der Waals surface area contributed by atoms with E-state index in [9.17, 15) is 18.0 Å². The summed E-state index contributed by atoms with van der Waals surface area (Å²) in [7, 11) is -4.31. The third kappa shape index (κ3) is 2.36. The van der Waals surface area contributed by atoms with Gasteiger partial charge >= 0.3 is 0 Å². The predicted octanol–water partition coefficient (Wildman–Crippen LogP) is 3.16. The van der Waals surface area contributed by atoms with Gasteiger partial charge in [0.25, 0.3) is 21.8 Å². The number of hydrogen-bond donors (Lipinski definition) is 1. The van der Waals surface area contributed by atoms with Crippen molar-refractivity contribution in [1.82, 2.24) is 4.31 Å². The monoisotopic (exact) mass is 378 g/mol. The van der Waals surface area contributed by atoms with Gasteiger partial charge in [0, 0.05) is 27.6 Å². The lowest BCUT2D eigenvalue weighted by Gasteiger charge is -2.27. The average molecular weight is 378 g/mol. The molecule has 0 radical (unpaired) electrons. The summed E-state index contributed by atoms with van der Waals surface area (Å²) in [6.45, 7) is 3.22. The Balaban J connectivity index is 2.18. The molecular weight excluding hydrogens is 364 g/mol. The molecule has 2 N–H and O–H groups in total. The van der Waals surface area contributed by atoms with E-state index < -0.39 is 21.8 Å². The van der Waals surface area contributed by atoms with Crippen LogP contribution in [0.4, 0.5) is 5.69 Å². The molecule has 0 unspecified atom stereocenters. The molecule has 0 saturated heterocycles. The number of carbonyl (C=O) groups is 2. The molecule has 0 aliphatic carbocycles. The van der Waals surface area contributed by atoms with Gasteiger partial charge in [0.2, 0.25) is 0 Å². The molecule has 4 rings (SSSR count). The Morgan fingerprint density at radius 1 is 0.926 bits per heavy atom. The first kappa shape index (κ1) is 17.0. The van der Waals surface area contributed by atoms with Crippen LogP contribution in [0.5, 0.6) is 0 Å². The minimum absolute atomic E-state index is 0.0943. The maximum Gasteiger partial charge on any atom is 0.276 e. The number of nitrogen functional groups attached to an aromatic ring is 1. The highest BCUT2D eigenvalue weighted by Crippen LogP contribution is 2.41. The van der Waals surface area contributed by atoms with Gasteiger partial charge in [-0.05, 0) is 23.1 Å². The summed E-state index contributed by atoms with van der Waals surface area (Å²) in [6.07, 6.45) is 0. The maximum absolute atomic E-state index is 13.2. The van der Waals surface area contributed by atoms with Crippen molar-refractivity contribution in [3.8, 4) is 11.1 Å². The van der Waals surface area contributed by atoms with Gasteiger partial charge in [-0.15, -0.1) is 0 Å². The summed E-state index contributed by atoms with van der Waals surface area (Å²) in [5, 5.41) is 1.58. The molecule has 1 heterocycles. The molecular formula is C20H14N2O4S. The lowest BCUT2D eigenvalue weighted by molar-refractivity contribution is 0.0728. The molecule has 3 aromatic rings. The standard InChI is InChI=1S/C20H14N2O4S/c1-2-27(25,26)22-19(23)14-10-6-9-13-11-15(21)17(12-7-4-3-5-8-12)18(16(13)14)20(22)24/h2-11H,1,21H2.